The minimum Gasteiger partial charge on any atom is -0.508 e. The van der Waals surface area contributed by atoms with Crippen molar-refractivity contribution < 1.29 is 19.4 Å². The molecule has 1 N–H and O–H groups in total. The van der Waals surface area contributed by atoms with Crippen LogP contribution < -0.4 is 14.4 Å². The van der Waals surface area contributed by atoms with E-state index in [1.54, 1.807) is 55.5 Å². The van der Waals surface area contributed by atoms with Crippen LogP contribution in [0.1, 0.15) is 5.56 Å². The fourth-order valence-corrected chi connectivity index (χ4v) is 3.29. The highest BCUT2D eigenvalue weighted by atomic mass is 32.2. The van der Waals surface area contributed by atoms with Gasteiger partial charge in [0.25, 0.3) is 5.91 Å². The first-order valence-electron chi connectivity index (χ1n) is 7.79. The number of carbonyl (C=O) groups excluding carboxylic acids is 1. The predicted molar refractivity (Wildman–Crippen MR) is 104 cm³/mol. The average Bonchev–Trinajstić information content (AvgIpc) is 3.02. The first-order chi connectivity index (χ1) is 12.5. The maximum atomic E-state index is 12.3. The lowest BCUT2D eigenvalue weighted by Gasteiger charge is -2.17. The number of methoxy groups -OCH3 is 2. The molecule has 3 rings (SSSR count). The van der Waals surface area contributed by atoms with Gasteiger partial charge in [-0.25, -0.2) is 0 Å². The third-order valence-corrected chi connectivity index (χ3v) is 4.92. The quantitative estimate of drug-likeness (QED) is 0.831. The Kier molecular flexibility index (Phi) is 5.18. The van der Waals surface area contributed by atoms with E-state index >= 15 is 0 Å². The second-order valence-electron chi connectivity index (χ2n) is 5.49. The molecule has 0 saturated carbocycles. The first-order valence-corrected chi connectivity index (χ1v) is 8.61. The summed E-state index contributed by atoms with van der Waals surface area (Å²) >= 11 is 1.29. The summed E-state index contributed by atoms with van der Waals surface area (Å²) in [5.41, 5.74) is 1.60. The van der Waals surface area contributed by atoms with E-state index in [1.807, 2.05) is 19.2 Å². The molecule has 2 aromatic rings. The van der Waals surface area contributed by atoms with Gasteiger partial charge in [-0.3, -0.25) is 4.79 Å². The zero-order valence-corrected chi connectivity index (χ0v) is 15.4. The van der Waals surface area contributed by atoms with E-state index in [1.165, 1.54) is 11.8 Å². The molecule has 7 heteroatoms. The Labute approximate surface area is 155 Å². The number of rotatable bonds is 4. The number of aliphatic imine (C=N–C) groups is 1. The molecular weight excluding hydrogens is 352 g/mol. The molecule has 0 saturated heterocycles. The van der Waals surface area contributed by atoms with Crippen molar-refractivity contribution >= 4 is 34.6 Å². The molecule has 1 aliphatic rings. The molecule has 2 aromatic carbocycles. The van der Waals surface area contributed by atoms with E-state index in [0.29, 0.717) is 21.6 Å². The highest BCUT2D eigenvalue weighted by molar-refractivity contribution is 8.18. The van der Waals surface area contributed by atoms with Crippen LogP contribution in [0.15, 0.2) is 52.4 Å². The van der Waals surface area contributed by atoms with Crippen molar-refractivity contribution in [1.29, 1.82) is 0 Å². The topological polar surface area (TPSA) is 71.4 Å². The third-order valence-electron chi connectivity index (χ3n) is 3.86. The zero-order valence-electron chi connectivity index (χ0n) is 14.6. The van der Waals surface area contributed by atoms with Crippen LogP contribution in [0.2, 0.25) is 0 Å². The van der Waals surface area contributed by atoms with E-state index in [9.17, 15) is 9.90 Å². The molecule has 1 heterocycles. The van der Waals surface area contributed by atoms with Gasteiger partial charge < -0.3 is 19.5 Å². The molecule has 0 aliphatic carbocycles. The van der Waals surface area contributed by atoms with Crippen molar-refractivity contribution in [3.63, 3.8) is 0 Å². The molecule has 1 aliphatic heterocycles. The Bertz CT molecular complexity index is 891. The van der Waals surface area contributed by atoms with Crippen molar-refractivity contribution in [1.82, 2.24) is 0 Å². The molecule has 0 atom stereocenters. The number of anilines is 1. The van der Waals surface area contributed by atoms with Crippen LogP contribution in [0.25, 0.3) is 6.08 Å². The average molecular weight is 370 g/mol. The number of thioether (sulfide) groups is 1. The summed E-state index contributed by atoms with van der Waals surface area (Å²) in [6.07, 6.45) is 1.76. The monoisotopic (exact) mass is 370 g/mol. The minimum absolute atomic E-state index is 0.187. The number of nitrogens with zero attached hydrogens (tertiary/aromatic N) is 2. The molecule has 134 valence electrons. The number of benzene rings is 2. The molecule has 0 aromatic heterocycles. The van der Waals surface area contributed by atoms with Gasteiger partial charge in [-0.15, -0.1) is 0 Å². The van der Waals surface area contributed by atoms with Gasteiger partial charge in [0.1, 0.15) is 17.2 Å². The van der Waals surface area contributed by atoms with Crippen LogP contribution in [0.4, 0.5) is 5.69 Å². The molecule has 0 unspecified atom stereocenters. The maximum Gasteiger partial charge on any atom is 0.286 e. The Morgan fingerprint density at radius 2 is 1.85 bits per heavy atom. The number of amides is 1. The van der Waals surface area contributed by atoms with Crippen molar-refractivity contribution in [2.24, 2.45) is 4.99 Å². The second-order valence-corrected chi connectivity index (χ2v) is 6.50. The highest BCUT2D eigenvalue weighted by Gasteiger charge is 2.25. The lowest BCUT2D eigenvalue weighted by atomic mass is 10.1. The molecule has 1 amide bonds. The van der Waals surface area contributed by atoms with Crippen LogP contribution in [0.3, 0.4) is 0 Å². The number of hydrogen-bond acceptors (Lipinski definition) is 6. The fraction of sp³-hybridized carbons (Fsp3) is 0.158. The highest BCUT2D eigenvalue weighted by Crippen LogP contribution is 2.34. The van der Waals surface area contributed by atoms with E-state index in [4.69, 9.17) is 9.47 Å². The summed E-state index contributed by atoms with van der Waals surface area (Å²) in [4.78, 5) is 18.7. The van der Waals surface area contributed by atoms with E-state index in [2.05, 4.69) is 4.99 Å². The molecule has 6 nitrogen and oxygen atoms in total. The third kappa shape index (κ3) is 3.67. The summed E-state index contributed by atoms with van der Waals surface area (Å²) in [6, 6.07) is 12.1. The Morgan fingerprint density at radius 3 is 2.50 bits per heavy atom. The predicted octanol–water partition coefficient (Wildman–Crippen LogP) is 3.52. The van der Waals surface area contributed by atoms with Crippen molar-refractivity contribution in [3.05, 3.63) is 52.9 Å². The van der Waals surface area contributed by atoms with Crippen molar-refractivity contribution in [2.45, 2.75) is 0 Å². The first kappa shape index (κ1) is 17.9. The number of carbonyl (C=O) groups is 1. The second kappa shape index (κ2) is 7.53. The molecule has 0 fully saturated rings. The summed E-state index contributed by atoms with van der Waals surface area (Å²) in [5, 5.41) is 9.97. The zero-order chi connectivity index (χ0) is 18.7. The maximum absolute atomic E-state index is 12.3. The Hall–Kier alpha value is -2.93. The van der Waals surface area contributed by atoms with Gasteiger partial charge in [0, 0.05) is 24.4 Å². The Morgan fingerprint density at radius 1 is 1.12 bits per heavy atom. The molecule has 0 radical (unpaired) electrons. The Balaban J connectivity index is 1.83. The standard InChI is InChI=1S/C19H18N2O4S/c1-21(13-5-7-14(22)8-6-13)19-20-18(23)17(26-19)10-12-4-9-15(24-2)11-16(12)25-3/h4-11,22H,1-3H3. The smallest absolute Gasteiger partial charge is 0.286 e. The van der Waals surface area contributed by atoms with Gasteiger partial charge in [-0.1, -0.05) is 0 Å². The summed E-state index contributed by atoms with van der Waals surface area (Å²) in [5.74, 6) is 1.18. The number of amidine groups is 1. The minimum atomic E-state index is -0.298. The van der Waals surface area contributed by atoms with Crippen LogP contribution in [0.5, 0.6) is 17.2 Å². The lowest BCUT2D eigenvalue weighted by Crippen LogP contribution is -2.21. The number of hydrogen-bond donors (Lipinski definition) is 1. The summed E-state index contributed by atoms with van der Waals surface area (Å²) in [6.45, 7) is 0. The lowest BCUT2D eigenvalue weighted by molar-refractivity contribution is -0.113. The summed E-state index contributed by atoms with van der Waals surface area (Å²) < 4.78 is 10.6. The SMILES string of the molecule is COc1ccc(C=C2SC(N(C)c3ccc(O)cc3)=NC2=O)c(OC)c1. The van der Waals surface area contributed by atoms with Crippen LogP contribution in [0, 0.1) is 0 Å². The largest absolute Gasteiger partial charge is 0.508 e. The summed E-state index contributed by atoms with van der Waals surface area (Å²) in [7, 11) is 4.98. The van der Waals surface area contributed by atoms with Gasteiger partial charge in [-0.05, 0) is 54.2 Å². The van der Waals surface area contributed by atoms with E-state index < -0.39 is 0 Å². The van der Waals surface area contributed by atoms with Gasteiger partial charge in [0.05, 0.1) is 19.1 Å². The van der Waals surface area contributed by atoms with Crippen LogP contribution in [-0.4, -0.2) is 37.4 Å². The number of aromatic hydroxyl groups is 1. The van der Waals surface area contributed by atoms with E-state index in [0.717, 1.165) is 11.3 Å². The van der Waals surface area contributed by atoms with Crippen molar-refractivity contribution in [3.8, 4) is 17.2 Å². The fourth-order valence-electron chi connectivity index (χ4n) is 2.41. The van der Waals surface area contributed by atoms with Gasteiger partial charge >= 0.3 is 0 Å². The van der Waals surface area contributed by atoms with Crippen molar-refractivity contribution in [2.75, 3.05) is 26.2 Å². The van der Waals surface area contributed by atoms with Crippen LogP contribution in [-0.2, 0) is 4.79 Å². The molecule has 0 spiro atoms. The number of phenols is 1. The molecular formula is C19H18N2O4S. The number of phenolic OH excluding ortho intramolecular Hbond substituents is 1. The van der Waals surface area contributed by atoms with Gasteiger partial charge in [0.2, 0.25) is 0 Å². The number of ether oxygens (including phenoxy) is 2. The van der Waals surface area contributed by atoms with Gasteiger partial charge in [-0.2, -0.15) is 4.99 Å². The van der Waals surface area contributed by atoms with Gasteiger partial charge in [0.15, 0.2) is 5.17 Å². The van der Waals surface area contributed by atoms with E-state index in [-0.39, 0.29) is 11.7 Å². The van der Waals surface area contributed by atoms with Crippen LogP contribution >= 0.6 is 11.8 Å². The molecule has 26 heavy (non-hydrogen) atoms. The molecule has 0 bridgehead atoms. The normalized spacial score (nSPS) is 15.1.